The van der Waals surface area contributed by atoms with Crippen LogP contribution in [0, 0.1) is 5.92 Å². The Balaban J connectivity index is 1.52. The third kappa shape index (κ3) is 3.11. The maximum absolute atomic E-state index is 12.7. The lowest BCUT2D eigenvalue weighted by Gasteiger charge is -2.31. The molecule has 1 amide bonds. The van der Waals surface area contributed by atoms with Crippen LogP contribution in [0.5, 0.6) is 0 Å². The van der Waals surface area contributed by atoms with Gasteiger partial charge in [-0.1, -0.05) is 0 Å². The molecule has 1 aliphatic heterocycles. The molecule has 6 heteroatoms. The Kier molecular flexibility index (Phi) is 4.14. The number of aromatic nitrogens is 2. The Morgan fingerprint density at radius 2 is 2.29 bits per heavy atom. The Morgan fingerprint density at radius 1 is 1.42 bits per heavy atom. The van der Waals surface area contributed by atoms with E-state index in [4.69, 9.17) is 9.15 Å². The van der Waals surface area contributed by atoms with Crippen LogP contribution < -0.4 is 0 Å². The van der Waals surface area contributed by atoms with Crippen molar-refractivity contribution in [3.05, 3.63) is 41.6 Å². The van der Waals surface area contributed by atoms with Crippen molar-refractivity contribution in [2.24, 2.45) is 5.92 Å². The molecule has 0 radical (unpaired) electrons. The van der Waals surface area contributed by atoms with Gasteiger partial charge in [0.15, 0.2) is 0 Å². The maximum atomic E-state index is 12.7. The first-order valence-corrected chi connectivity index (χ1v) is 8.70. The second kappa shape index (κ2) is 6.43. The Bertz CT molecular complexity index is 703. The quantitative estimate of drug-likeness (QED) is 0.817. The fraction of sp³-hybridized carbons (Fsp3) is 0.556. The molecule has 4 rings (SSSR count). The molecule has 1 aliphatic carbocycles. The molecule has 2 aromatic rings. The summed E-state index contributed by atoms with van der Waals surface area (Å²) in [6.45, 7) is 5.60. The summed E-state index contributed by atoms with van der Waals surface area (Å²) in [5.74, 6) is 0.923. The highest BCUT2D eigenvalue weighted by molar-refractivity contribution is 5.94. The predicted molar refractivity (Wildman–Crippen MR) is 87.6 cm³/mol. The fourth-order valence-corrected chi connectivity index (χ4v) is 3.24. The number of ether oxygens (including phenoxy) is 1. The zero-order valence-electron chi connectivity index (χ0n) is 14.0. The van der Waals surface area contributed by atoms with Crippen molar-refractivity contribution in [3.8, 4) is 0 Å². The van der Waals surface area contributed by atoms with Gasteiger partial charge >= 0.3 is 0 Å². The van der Waals surface area contributed by atoms with Gasteiger partial charge in [-0.15, -0.1) is 0 Å². The molecular formula is C18H23N3O3. The minimum atomic E-state index is -0.00681. The Labute approximate surface area is 141 Å². The summed E-state index contributed by atoms with van der Waals surface area (Å²) in [4.78, 5) is 14.5. The molecule has 0 bridgehead atoms. The molecule has 1 fully saturated rings. The zero-order valence-corrected chi connectivity index (χ0v) is 14.0. The summed E-state index contributed by atoms with van der Waals surface area (Å²) in [7, 11) is 0. The third-order valence-corrected chi connectivity index (χ3v) is 4.84. The monoisotopic (exact) mass is 329 g/mol. The molecule has 128 valence electrons. The Hall–Kier alpha value is -2.08. The molecule has 6 nitrogen and oxygen atoms in total. The second-order valence-corrected chi connectivity index (χ2v) is 6.76. The molecule has 0 spiro atoms. The van der Waals surface area contributed by atoms with Gasteiger partial charge in [0, 0.05) is 37.4 Å². The van der Waals surface area contributed by atoms with E-state index >= 15 is 0 Å². The van der Waals surface area contributed by atoms with Crippen LogP contribution in [0.25, 0.3) is 0 Å². The van der Waals surface area contributed by atoms with Crippen molar-refractivity contribution in [2.45, 2.75) is 38.8 Å². The van der Waals surface area contributed by atoms with E-state index in [0.29, 0.717) is 25.3 Å². The molecular weight excluding hydrogens is 306 g/mol. The summed E-state index contributed by atoms with van der Waals surface area (Å²) in [5, 5.41) is 4.63. The van der Waals surface area contributed by atoms with Gasteiger partial charge in [0.2, 0.25) is 0 Å². The molecule has 24 heavy (non-hydrogen) atoms. The lowest BCUT2D eigenvalue weighted by Crippen LogP contribution is -2.39. The topological polar surface area (TPSA) is 60.5 Å². The molecule has 2 aromatic heterocycles. The van der Waals surface area contributed by atoms with Gasteiger partial charge in [-0.25, -0.2) is 0 Å². The van der Waals surface area contributed by atoms with Crippen LogP contribution in [0.2, 0.25) is 0 Å². The molecule has 2 aliphatic rings. The molecule has 0 N–H and O–H groups in total. The number of amides is 1. The largest absolute Gasteiger partial charge is 0.472 e. The zero-order chi connectivity index (χ0) is 16.5. The summed E-state index contributed by atoms with van der Waals surface area (Å²) >= 11 is 0. The molecule has 1 unspecified atom stereocenters. The number of aryl methyl sites for hydroxylation is 1. The average Bonchev–Trinajstić information content (AvgIpc) is 3.11. The van der Waals surface area contributed by atoms with Crippen LogP contribution in [-0.2, 0) is 17.8 Å². The van der Waals surface area contributed by atoms with E-state index in [9.17, 15) is 4.79 Å². The van der Waals surface area contributed by atoms with Gasteiger partial charge in [-0.05, 0) is 31.7 Å². The number of rotatable bonds is 6. The molecule has 3 heterocycles. The first-order chi connectivity index (χ1) is 11.7. The highest BCUT2D eigenvalue weighted by Gasteiger charge is 2.32. The van der Waals surface area contributed by atoms with E-state index in [2.05, 4.69) is 18.2 Å². The minimum Gasteiger partial charge on any atom is -0.472 e. The average molecular weight is 329 g/mol. The highest BCUT2D eigenvalue weighted by Crippen LogP contribution is 2.32. The summed E-state index contributed by atoms with van der Waals surface area (Å²) in [6, 6.07) is 1.71. The predicted octanol–water partition coefficient (Wildman–Crippen LogP) is 2.66. The van der Waals surface area contributed by atoms with Gasteiger partial charge in [0.25, 0.3) is 5.91 Å². The van der Waals surface area contributed by atoms with Crippen LogP contribution in [0.3, 0.4) is 0 Å². The number of carbonyl (C=O) groups excluding carboxylic acids is 1. The molecule has 1 atom stereocenters. The summed E-state index contributed by atoms with van der Waals surface area (Å²) in [6.07, 6.45) is 7.72. The summed E-state index contributed by atoms with van der Waals surface area (Å²) in [5.41, 5.74) is 2.80. The normalized spacial score (nSPS) is 20.2. The van der Waals surface area contributed by atoms with Crippen LogP contribution in [0.1, 0.15) is 47.3 Å². The van der Waals surface area contributed by atoms with Crippen molar-refractivity contribution in [1.29, 1.82) is 0 Å². The lowest BCUT2D eigenvalue weighted by atomic mass is 9.95. The van der Waals surface area contributed by atoms with Crippen LogP contribution >= 0.6 is 0 Å². The number of hydrogen-bond acceptors (Lipinski definition) is 4. The van der Waals surface area contributed by atoms with E-state index in [-0.39, 0.29) is 11.8 Å². The summed E-state index contributed by atoms with van der Waals surface area (Å²) < 4.78 is 12.9. The number of nitrogens with zero attached hydrogens (tertiary/aromatic N) is 3. The van der Waals surface area contributed by atoms with Gasteiger partial charge in [0.05, 0.1) is 30.7 Å². The Morgan fingerprint density at radius 3 is 3.00 bits per heavy atom. The standard InChI is InChI=1S/C18H23N3O3/c1-2-21-8-16-15(12-24-10-13-3-4-13)7-20(9-17(16)19-21)18(22)14-5-6-23-11-14/h5-6,8,11,13,15H,2-4,7,9-10,12H2,1H3. The first kappa shape index (κ1) is 15.4. The van der Waals surface area contributed by atoms with Crippen LogP contribution in [0.15, 0.2) is 29.2 Å². The van der Waals surface area contributed by atoms with E-state index in [1.165, 1.54) is 30.9 Å². The highest BCUT2D eigenvalue weighted by atomic mass is 16.5. The number of hydrogen-bond donors (Lipinski definition) is 0. The number of furan rings is 1. The SMILES string of the molecule is CCn1cc2c(n1)CN(C(=O)c1ccoc1)CC2COCC1CC1. The lowest BCUT2D eigenvalue weighted by molar-refractivity contribution is 0.0626. The third-order valence-electron chi connectivity index (χ3n) is 4.84. The van der Waals surface area contributed by atoms with Gasteiger partial charge in [0.1, 0.15) is 6.26 Å². The van der Waals surface area contributed by atoms with Crippen molar-refractivity contribution >= 4 is 5.91 Å². The van der Waals surface area contributed by atoms with Gasteiger partial charge in [-0.3, -0.25) is 9.48 Å². The molecule has 0 saturated heterocycles. The number of fused-ring (bicyclic) bond motifs is 1. The fourth-order valence-electron chi connectivity index (χ4n) is 3.24. The molecule has 0 aromatic carbocycles. The second-order valence-electron chi connectivity index (χ2n) is 6.76. The molecule has 1 saturated carbocycles. The van der Waals surface area contributed by atoms with Gasteiger partial charge in [-0.2, -0.15) is 5.10 Å². The van der Waals surface area contributed by atoms with E-state index in [1.54, 1.807) is 6.07 Å². The smallest absolute Gasteiger partial charge is 0.257 e. The van der Waals surface area contributed by atoms with E-state index < -0.39 is 0 Å². The maximum Gasteiger partial charge on any atom is 0.257 e. The van der Waals surface area contributed by atoms with Crippen molar-refractivity contribution in [2.75, 3.05) is 19.8 Å². The van der Waals surface area contributed by atoms with Crippen LogP contribution in [-0.4, -0.2) is 40.3 Å². The van der Waals surface area contributed by atoms with Gasteiger partial charge < -0.3 is 14.1 Å². The van der Waals surface area contributed by atoms with Crippen LogP contribution in [0.4, 0.5) is 0 Å². The first-order valence-electron chi connectivity index (χ1n) is 8.70. The van der Waals surface area contributed by atoms with E-state index in [0.717, 1.165) is 24.8 Å². The minimum absolute atomic E-state index is 0.00681. The van der Waals surface area contributed by atoms with Crippen molar-refractivity contribution in [3.63, 3.8) is 0 Å². The number of carbonyl (C=O) groups is 1. The van der Waals surface area contributed by atoms with Crippen molar-refractivity contribution < 1.29 is 13.9 Å². The van der Waals surface area contributed by atoms with Crippen molar-refractivity contribution in [1.82, 2.24) is 14.7 Å². The van der Waals surface area contributed by atoms with E-state index in [1.807, 2.05) is 9.58 Å².